The van der Waals surface area contributed by atoms with Crippen molar-refractivity contribution < 1.29 is 9.90 Å². The largest absolute Gasteiger partial charge is 0.393 e. The predicted molar refractivity (Wildman–Crippen MR) is 86.0 cm³/mol. The van der Waals surface area contributed by atoms with Gasteiger partial charge in [0.25, 0.3) is 5.56 Å². The van der Waals surface area contributed by atoms with Crippen LogP contribution in [0.25, 0.3) is 0 Å². The summed E-state index contributed by atoms with van der Waals surface area (Å²) >= 11 is 0. The van der Waals surface area contributed by atoms with Crippen LogP contribution in [0.3, 0.4) is 0 Å². The van der Waals surface area contributed by atoms with E-state index < -0.39 is 0 Å². The monoisotopic (exact) mass is 331 g/mol. The fourth-order valence-corrected chi connectivity index (χ4v) is 2.98. The van der Waals surface area contributed by atoms with E-state index >= 15 is 0 Å². The molecule has 2 heterocycles. The summed E-state index contributed by atoms with van der Waals surface area (Å²) in [5.41, 5.74) is 1.36. The van der Waals surface area contributed by atoms with Crippen LogP contribution in [0.1, 0.15) is 36.6 Å². The van der Waals surface area contributed by atoms with Crippen LogP contribution < -0.4 is 10.9 Å². The van der Waals surface area contributed by atoms with Crippen molar-refractivity contribution in [2.24, 2.45) is 13.0 Å². The van der Waals surface area contributed by atoms with Gasteiger partial charge in [-0.05, 0) is 24.8 Å². The highest BCUT2D eigenvalue weighted by Crippen LogP contribution is 2.37. The first-order valence-electron chi connectivity index (χ1n) is 8.02. The summed E-state index contributed by atoms with van der Waals surface area (Å²) in [6.07, 6.45) is 5.46. The minimum absolute atomic E-state index is 0.0850. The highest BCUT2D eigenvalue weighted by Gasteiger charge is 2.36. The van der Waals surface area contributed by atoms with Crippen LogP contribution in [-0.2, 0) is 18.3 Å². The molecule has 1 atom stereocenters. The summed E-state index contributed by atoms with van der Waals surface area (Å²) in [5, 5.41) is 23.0. The van der Waals surface area contributed by atoms with E-state index in [4.69, 9.17) is 0 Å². The molecule has 8 nitrogen and oxygen atoms in total. The number of amides is 1. The molecule has 2 aromatic rings. The standard InChI is InChI=1S/C16H21N5O3/c1-21-9-11(8-17-21)16(10-6-13(22)7-10)18-14(23)4-2-12-3-5-15(24)20-19-12/h3,5,8-10,13,16,22H,2,4,6-7H2,1H3,(H,18,23)(H,20,24)/t10?,13?,16-/m1/s1. The number of hydrogen-bond acceptors (Lipinski definition) is 5. The number of aliphatic hydroxyl groups is 1. The molecule has 0 spiro atoms. The highest BCUT2D eigenvalue weighted by atomic mass is 16.3. The van der Waals surface area contributed by atoms with E-state index in [0.29, 0.717) is 25.0 Å². The molecule has 24 heavy (non-hydrogen) atoms. The Hall–Kier alpha value is -2.48. The Labute approximate surface area is 138 Å². The van der Waals surface area contributed by atoms with Gasteiger partial charge in [0.05, 0.1) is 24.0 Å². The molecule has 3 rings (SSSR count). The van der Waals surface area contributed by atoms with E-state index in [9.17, 15) is 14.7 Å². The maximum Gasteiger partial charge on any atom is 0.264 e. The molecule has 1 amide bonds. The lowest BCUT2D eigenvalue weighted by atomic mass is 9.75. The third kappa shape index (κ3) is 3.88. The Morgan fingerprint density at radius 3 is 2.88 bits per heavy atom. The second-order valence-corrected chi connectivity index (χ2v) is 6.29. The summed E-state index contributed by atoms with van der Waals surface area (Å²) in [6.45, 7) is 0. The molecule has 0 bridgehead atoms. The Balaban J connectivity index is 1.60. The van der Waals surface area contributed by atoms with Gasteiger partial charge in [-0.15, -0.1) is 0 Å². The van der Waals surface area contributed by atoms with Crippen LogP contribution in [0.4, 0.5) is 0 Å². The van der Waals surface area contributed by atoms with Crippen LogP contribution >= 0.6 is 0 Å². The fraction of sp³-hybridized carbons (Fsp3) is 0.500. The van der Waals surface area contributed by atoms with Crippen LogP contribution in [0.15, 0.2) is 29.3 Å². The molecular formula is C16H21N5O3. The van der Waals surface area contributed by atoms with Crippen LogP contribution in [0.2, 0.25) is 0 Å². The number of carbonyl (C=O) groups is 1. The van der Waals surface area contributed by atoms with Gasteiger partial charge in [0.1, 0.15) is 0 Å². The zero-order valence-corrected chi connectivity index (χ0v) is 13.5. The van der Waals surface area contributed by atoms with E-state index in [1.165, 1.54) is 6.07 Å². The van der Waals surface area contributed by atoms with Gasteiger partial charge in [-0.1, -0.05) is 0 Å². The molecule has 0 unspecified atom stereocenters. The Bertz CT molecular complexity index is 743. The van der Waals surface area contributed by atoms with Crippen molar-refractivity contribution in [2.45, 2.75) is 37.8 Å². The maximum atomic E-state index is 12.3. The molecule has 1 aliphatic rings. The number of hydrogen-bond donors (Lipinski definition) is 3. The normalized spacial score (nSPS) is 21.1. The molecule has 0 aliphatic heterocycles. The van der Waals surface area contributed by atoms with Gasteiger partial charge in [0.2, 0.25) is 5.91 Å². The second-order valence-electron chi connectivity index (χ2n) is 6.29. The Morgan fingerprint density at radius 2 is 2.29 bits per heavy atom. The van der Waals surface area contributed by atoms with Crippen molar-refractivity contribution in [3.05, 3.63) is 46.1 Å². The number of H-pyrrole nitrogens is 1. The van der Waals surface area contributed by atoms with E-state index in [1.54, 1.807) is 16.9 Å². The van der Waals surface area contributed by atoms with Crippen LogP contribution in [0, 0.1) is 5.92 Å². The zero-order valence-electron chi connectivity index (χ0n) is 13.5. The SMILES string of the molecule is Cn1cc([C@H](NC(=O)CCc2ccc(=O)[nH]n2)C2CC(O)C2)cn1. The molecule has 1 saturated carbocycles. The third-order valence-corrected chi connectivity index (χ3v) is 4.37. The number of aromatic amines is 1. The summed E-state index contributed by atoms with van der Waals surface area (Å²) < 4.78 is 1.70. The second kappa shape index (κ2) is 6.96. The lowest BCUT2D eigenvalue weighted by molar-refractivity contribution is -0.123. The van der Waals surface area contributed by atoms with Gasteiger partial charge in [-0.3, -0.25) is 14.3 Å². The molecule has 1 fully saturated rings. The molecule has 3 N–H and O–H groups in total. The first-order chi connectivity index (χ1) is 11.5. The van der Waals surface area contributed by atoms with Crippen molar-refractivity contribution in [3.8, 4) is 0 Å². The van der Waals surface area contributed by atoms with E-state index in [0.717, 1.165) is 5.56 Å². The minimum Gasteiger partial charge on any atom is -0.393 e. The predicted octanol–water partition coefficient (Wildman–Crippen LogP) is 0.0644. The summed E-state index contributed by atoms with van der Waals surface area (Å²) in [7, 11) is 1.83. The molecule has 0 aromatic carbocycles. The molecule has 1 aliphatic carbocycles. The van der Waals surface area contributed by atoms with Crippen molar-refractivity contribution >= 4 is 5.91 Å². The molecule has 8 heteroatoms. The Kier molecular flexibility index (Phi) is 4.75. The van der Waals surface area contributed by atoms with Gasteiger partial charge < -0.3 is 10.4 Å². The number of aromatic nitrogens is 4. The maximum absolute atomic E-state index is 12.3. The van der Waals surface area contributed by atoms with Crippen molar-refractivity contribution in [3.63, 3.8) is 0 Å². The fourth-order valence-electron chi connectivity index (χ4n) is 2.98. The van der Waals surface area contributed by atoms with Crippen molar-refractivity contribution in [2.75, 3.05) is 0 Å². The smallest absolute Gasteiger partial charge is 0.264 e. The van der Waals surface area contributed by atoms with Gasteiger partial charge in [0, 0.05) is 37.7 Å². The average molecular weight is 331 g/mol. The summed E-state index contributed by atoms with van der Waals surface area (Å²) in [6, 6.07) is 2.87. The van der Waals surface area contributed by atoms with Gasteiger partial charge in [0.15, 0.2) is 0 Å². The average Bonchev–Trinajstić information content (AvgIpc) is 2.96. The lowest BCUT2D eigenvalue weighted by Crippen LogP contribution is -2.41. The molecular weight excluding hydrogens is 310 g/mol. The number of aryl methyl sites for hydroxylation is 2. The number of aliphatic hydroxyl groups excluding tert-OH is 1. The van der Waals surface area contributed by atoms with Crippen LogP contribution in [0.5, 0.6) is 0 Å². The van der Waals surface area contributed by atoms with Crippen LogP contribution in [-0.4, -0.2) is 37.1 Å². The molecule has 2 aromatic heterocycles. The molecule has 0 radical (unpaired) electrons. The van der Waals surface area contributed by atoms with Crippen molar-refractivity contribution in [1.82, 2.24) is 25.3 Å². The first-order valence-corrected chi connectivity index (χ1v) is 8.02. The highest BCUT2D eigenvalue weighted by molar-refractivity contribution is 5.76. The lowest BCUT2D eigenvalue weighted by Gasteiger charge is -2.37. The molecule has 0 saturated heterocycles. The number of nitrogens with one attached hydrogen (secondary N) is 2. The van der Waals surface area contributed by atoms with Gasteiger partial charge in [-0.25, -0.2) is 5.10 Å². The number of nitrogens with zero attached hydrogens (tertiary/aromatic N) is 3. The van der Waals surface area contributed by atoms with E-state index in [1.807, 2.05) is 13.2 Å². The number of carbonyl (C=O) groups excluding carboxylic acids is 1. The number of rotatable bonds is 6. The molecule has 128 valence electrons. The van der Waals surface area contributed by atoms with E-state index in [-0.39, 0.29) is 36.0 Å². The van der Waals surface area contributed by atoms with Crippen molar-refractivity contribution in [1.29, 1.82) is 0 Å². The zero-order chi connectivity index (χ0) is 17.1. The first kappa shape index (κ1) is 16.4. The third-order valence-electron chi connectivity index (χ3n) is 4.37. The minimum atomic E-state index is -0.281. The van der Waals surface area contributed by atoms with E-state index in [2.05, 4.69) is 20.6 Å². The summed E-state index contributed by atoms with van der Waals surface area (Å²) in [4.78, 5) is 23.3. The quantitative estimate of drug-likeness (QED) is 0.693. The van der Waals surface area contributed by atoms with Gasteiger partial charge in [-0.2, -0.15) is 10.2 Å². The Morgan fingerprint density at radius 1 is 1.50 bits per heavy atom. The van der Waals surface area contributed by atoms with Gasteiger partial charge >= 0.3 is 0 Å². The summed E-state index contributed by atoms with van der Waals surface area (Å²) in [5.74, 6) is 0.137. The topological polar surface area (TPSA) is 113 Å².